The van der Waals surface area contributed by atoms with E-state index in [0.717, 1.165) is 25.7 Å². The summed E-state index contributed by atoms with van der Waals surface area (Å²) in [7, 11) is 0. The van der Waals surface area contributed by atoms with Crippen molar-refractivity contribution in [1.82, 2.24) is 6.15 Å². The average molecular weight is 165 g/mol. The molecule has 0 amide bonds. The standard InChI is InChI=1S/C7H13FO2.H3N/c1-2-3-4-5-6-7(9)10-8;/h2-6H2,1H3;1H3. The van der Waals surface area contributed by atoms with Gasteiger partial charge in [0.1, 0.15) is 0 Å². The zero-order valence-corrected chi connectivity index (χ0v) is 6.94. The van der Waals surface area contributed by atoms with Crippen LogP contribution in [0.4, 0.5) is 4.53 Å². The predicted molar refractivity (Wildman–Crippen MR) is 41.0 cm³/mol. The Bertz CT molecular complexity index is 98.4. The number of hydrogen-bond acceptors (Lipinski definition) is 3. The Hall–Kier alpha value is -0.640. The van der Waals surface area contributed by atoms with Gasteiger partial charge in [-0.25, -0.2) is 4.79 Å². The van der Waals surface area contributed by atoms with Crippen molar-refractivity contribution in [3.8, 4) is 0 Å². The van der Waals surface area contributed by atoms with E-state index in [1.54, 1.807) is 0 Å². The van der Waals surface area contributed by atoms with Crippen molar-refractivity contribution in [3.63, 3.8) is 0 Å². The highest BCUT2D eigenvalue weighted by molar-refractivity contribution is 5.68. The minimum atomic E-state index is -0.754. The number of rotatable bonds is 5. The van der Waals surface area contributed by atoms with Gasteiger partial charge in [-0.05, 0) is 6.42 Å². The Kier molecular flexibility index (Phi) is 11.1. The molecule has 0 heterocycles. The molecule has 4 heteroatoms. The first-order valence-corrected chi connectivity index (χ1v) is 3.62. The van der Waals surface area contributed by atoms with Crippen LogP contribution in [0.2, 0.25) is 0 Å². The van der Waals surface area contributed by atoms with Crippen LogP contribution in [0, 0.1) is 0 Å². The van der Waals surface area contributed by atoms with Gasteiger partial charge in [-0.1, -0.05) is 26.2 Å². The van der Waals surface area contributed by atoms with Gasteiger partial charge in [0, 0.05) is 10.9 Å². The maximum Gasteiger partial charge on any atom is 0.348 e. The molecule has 68 valence electrons. The van der Waals surface area contributed by atoms with Crippen LogP contribution in [0.5, 0.6) is 0 Å². The van der Waals surface area contributed by atoms with Gasteiger partial charge in [0.25, 0.3) is 0 Å². The summed E-state index contributed by atoms with van der Waals surface area (Å²) >= 11 is 0. The monoisotopic (exact) mass is 165 g/mol. The van der Waals surface area contributed by atoms with Gasteiger partial charge in [-0.2, -0.15) is 0 Å². The van der Waals surface area contributed by atoms with E-state index in [9.17, 15) is 9.32 Å². The summed E-state index contributed by atoms with van der Waals surface area (Å²) in [4.78, 5) is 13.2. The van der Waals surface area contributed by atoms with Crippen LogP contribution in [-0.4, -0.2) is 5.97 Å². The lowest BCUT2D eigenvalue weighted by Gasteiger charge is -1.94. The molecule has 0 saturated heterocycles. The Labute approximate surface area is 66.4 Å². The van der Waals surface area contributed by atoms with Gasteiger partial charge >= 0.3 is 5.97 Å². The first kappa shape index (κ1) is 13.0. The number of unbranched alkanes of at least 4 members (excludes halogenated alkanes) is 3. The van der Waals surface area contributed by atoms with Crippen molar-refractivity contribution < 1.29 is 14.3 Å². The number of carbonyl (C=O) groups is 1. The van der Waals surface area contributed by atoms with E-state index < -0.39 is 5.97 Å². The highest BCUT2D eigenvalue weighted by Gasteiger charge is 2.00. The Balaban J connectivity index is 0. The van der Waals surface area contributed by atoms with E-state index in [1.165, 1.54) is 0 Å². The summed E-state index contributed by atoms with van der Waals surface area (Å²) in [5.74, 6) is -0.754. The topological polar surface area (TPSA) is 61.3 Å². The molecule has 0 unspecified atom stereocenters. The fourth-order valence-corrected chi connectivity index (χ4v) is 0.735. The van der Waals surface area contributed by atoms with E-state index in [2.05, 4.69) is 11.9 Å². The lowest BCUT2D eigenvalue weighted by Crippen LogP contribution is -1.96. The fraction of sp³-hybridized carbons (Fsp3) is 0.857. The summed E-state index contributed by atoms with van der Waals surface area (Å²) in [6, 6.07) is 0. The van der Waals surface area contributed by atoms with Gasteiger partial charge in [0.2, 0.25) is 0 Å². The average Bonchev–Trinajstić information content (AvgIpc) is 1.98. The second-order valence-corrected chi connectivity index (χ2v) is 2.26. The van der Waals surface area contributed by atoms with Crippen molar-refractivity contribution in [1.29, 1.82) is 0 Å². The summed E-state index contributed by atoms with van der Waals surface area (Å²) in [5, 5.41) is 0. The molecule has 0 aliphatic heterocycles. The predicted octanol–water partition coefficient (Wildman–Crippen LogP) is 2.55. The van der Waals surface area contributed by atoms with Gasteiger partial charge in [0.05, 0.1) is 0 Å². The van der Waals surface area contributed by atoms with Crippen molar-refractivity contribution in [3.05, 3.63) is 0 Å². The molecular weight excluding hydrogens is 149 g/mol. The van der Waals surface area contributed by atoms with E-state index >= 15 is 0 Å². The third-order valence-electron chi connectivity index (χ3n) is 1.32. The number of halogens is 1. The van der Waals surface area contributed by atoms with Crippen molar-refractivity contribution in [2.45, 2.75) is 39.0 Å². The zero-order valence-electron chi connectivity index (χ0n) is 6.94. The first-order chi connectivity index (χ1) is 4.81. The highest BCUT2D eigenvalue weighted by atomic mass is 19.3. The van der Waals surface area contributed by atoms with Crippen LogP contribution >= 0.6 is 0 Å². The smallest absolute Gasteiger partial charge is 0.344 e. The van der Waals surface area contributed by atoms with Crippen LogP contribution in [0.15, 0.2) is 0 Å². The third kappa shape index (κ3) is 9.36. The molecule has 3 N–H and O–H groups in total. The molecule has 0 rings (SSSR count). The number of carbonyl (C=O) groups excluding carboxylic acids is 1. The summed E-state index contributed by atoms with van der Waals surface area (Å²) in [5.41, 5.74) is 0. The first-order valence-electron chi connectivity index (χ1n) is 3.62. The molecule has 11 heavy (non-hydrogen) atoms. The van der Waals surface area contributed by atoms with Gasteiger partial charge in [-0.15, -0.1) is 0 Å². The second kappa shape index (κ2) is 9.36. The molecule has 0 aliphatic carbocycles. The molecule has 0 aromatic rings. The number of hydrogen-bond donors (Lipinski definition) is 1. The maximum absolute atomic E-state index is 11.0. The normalized spacial score (nSPS) is 8.55. The van der Waals surface area contributed by atoms with Gasteiger partial charge < -0.3 is 6.15 Å². The Morgan fingerprint density at radius 1 is 1.36 bits per heavy atom. The Morgan fingerprint density at radius 3 is 2.45 bits per heavy atom. The minimum Gasteiger partial charge on any atom is -0.344 e. The quantitative estimate of drug-likeness (QED) is 0.637. The van der Waals surface area contributed by atoms with Crippen LogP contribution in [0.3, 0.4) is 0 Å². The van der Waals surface area contributed by atoms with Gasteiger partial charge in [-0.3, -0.25) is 4.94 Å². The molecular formula is C7H16FNO2. The largest absolute Gasteiger partial charge is 0.348 e. The maximum atomic E-state index is 11.0. The minimum absolute atomic E-state index is 0. The molecule has 0 aromatic carbocycles. The van der Waals surface area contributed by atoms with Crippen molar-refractivity contribution >= 4 is 5.97 Å². The van der Waals surface area contributed by atoms with E-state index in [1.807, 2.05) is 0 Å². The van der Waals surface area contributed by atoms with Crippen molar-refractivity contribution in [2.75, 3.05) is 0 Å². The molecule has 0 atom stereocenters. The summed E-state index contributed by atoms with van der Waals surface area (Å²) in [6.07, 6.45) is 4.13. The summed E-state index contributed by atoms with van der Waals surface area (Å²) in [6.45, 7) is 2.08. The summed E-state index contributed by atoms with van der Waals surface area (Å²) < 4.78 is 11.0. The Morgan fingerprint density at radius 2 is 2.00 bits per heavy atom. The van der Waals surface area contributed by atoms with E-state index in [-0.39, 0.29) is 12.6 Å². The van der Waals surface area contributed by atoms with Crippen LogP contribution < -0.4 is 6.15 Å². The van der Waals surface area contributed by atoms with Crippen LogP contribution in [0.1, 0.15) is 39.0 Å². The fourth-order valence-electron chi connectivity index (χ4n) is 0.735. The van der Waals surface area contributed by atoms with Gasteiger partial charge in [0.15, 0.2) is 0 Å². The molecule has 0 radical (unpaired) electrons. The molecule has 3 nitrogen and oxygen atoms in total. The zero-order chi connectivity index (χ0) is 7.82. The van der Waals surface area contributed by atoms with Crippen LogP contribution in [0.25, 0.3) is 0 Å². The molecule has 0 bridgehead atoms. The molecule has 0 aromatic heterocycles. The lowest BCUT2D eigenvalue weighted by atomic mass is 10.2. The van der Waals surface area contributed by atoms with Crippen LogP contribution in [-0.2, 0) is 9.74 Å². The molecule has 0 fully saturated rings. The lowest BCUT2D eigenvalue weighted by molar-refractivity contribution is -0.183. The van der Waals surface area contributed by atoms with E-state index in [4.69, 9.17) is 0 Å². The highest BCUT2D eigenvalue weighted by Crippen LogP contribution is 2.03. The molecule has 0 spiro atoms. The SMILES string of the molecule is CCCCCCC(=O)OF.N. The van der Waals surface area contributed by atoms with Crippen molar-refractivity contribution in [2.24, 2.45) is 0 Å². The molecule has 0 aliphatic rings. The third-order valence-corrected chi connectivity index (χ3v) is 1.32. The molecule has 0 saturated carbocycles. The van der Waals surface area contributed by atoms with E-state index in [0.29, 0.717) is 0 Å². The second-order valence-electron chi connectivity index (χ2n) is 2.26.